The lowest BCUT2D eigenvalue weighted by Gasteiger charge is -2.08. The third-order valence-corrected chi connectivity index (χ3v) is 6.64. The molecule has 0 aliphatic heterocycles. The quantitative estimate of drug-likeness (QED) is 0.350. The Bertz CT molecular complexity index is 1300. The van der Waals surface area contributed by atoms with Crippen molar-refractivity contribution in [2.24, 2.45) is 0 Å². The first-order valence-electron chi connectivity index (χ1n) is 9.79. The molecule has 2 aromatic carbocycles. The lowest BCUT2D eigenvalue weighted by Crippen LogP contribution is -2.26. The monoisotopic (exact) mass is 474 g/mol. The number of amides is 1. The maximum atomic E-state index is 13.0. The minimum absolute atomic E-state index is 0.0343. The number of aromatic amines is 1. The van der Waals surface area contributed by atoms with Crippen LogP contribution in [0.2, 0.25) is 0 Å². The molecule has 0 saturated carbocycles. The van der Waals surface area contributed by atoms with Gasteiger partial charge in [0, 0.05) is 38.6 Å². The molecule has 1 aliphatic carbocycles. The Morgan fingerprint density at radius 3 is 2.87 bits per heavy atom. The summed E-state index contributed by atoms with van der Waals surface area (Å²) in [6, 6.07) is 18.4. The first kappa shape index (κ1) is 19.1. The predicted octanol–water partition coefficient (Wildman–Crippen LogP) is 6.29. The van der Waals surface area contributed by atoms with Crippen LogP contribution in [-0.4, -0.2) is 17.4 Å². The highest BCUT2D eigenvalue weighted by Crippen LogP contribution is 2.38. The topological polar surface area (TPSA) is 44.9 Å². The Morgan fingerprint density at radius 2 is 2.00 bits per heavy atom. The second kappa shape index (κ2) is 8.09. The second-order valence-corrected chi connectivity index (χ2v) is 9.12. The number of benzene rings is 2. The van der Waals surface area contributed by atoms with E-state index in [4.69, 9.17) is 0 Å². The van der Waals surface area contributed by atoms with Gasteiger partial charge in [-0.2, -0.15) is 0 Å². The van der Waals surface area contributed by atoms with E-state index in [1.54, 1.807) is 11.3 Å². The summed E-state index contributed by atoms with van der Waals surface area (Å²) in [7, 11) is 0. The number of fused-ring (bicyclic) bond motifs is 2. The molecular weight excluding hydrogens is 456 g/mol. The maximum Gasteiger partial charge on any atom is 0.251 e. The van der Waals surface area contributed by atoms with Gasteiger partial charge in [-0.1, -0.05) is 46.3 Å². The Hall–Kier alpha value is -2.89. The molecule has 0 spiro atoms. The van der Waals surface area contributed by atoms with Gasteiger partial charge in [0.25, 0.3) is 5.91 Å². The van der Waals surface area contributed by atoms with Gasteiger partial charge in [-0.3, -0.25) is 4.79 Å². The summed E-state index contributed by atoms with van der Waals surface area (Å²) in [4.78, 5) is 17.5. The number of carbonyl (C=O) groups is 1. The molecule has 0 radical (unpaired) electrons. The molecule has 0 fully saturated rings. The molecule has 5 heteroatoms. The van der Waals surface area contributed by atoms with Crippen molar-refractivity contribution in [1.29, 1.82) is 0 Å². The number of hydrogen-bond donors (Lipinski definition) is 2. The van der Waals surface area contributed by atoms with Crippen molar-refractivity contribution < 1.29 is 4.79 Å². The molecule has 1 aliphatic rings. The predicted molar refractivity (Wildman–Crippen MR) is 129 cm³/mol. The Labute approximate surface area is 187 Å². The zero-order valence-electron chi connectivity index (χ0n) is 16.1. The number of carbonyl (C=O) groups excluding carboxylic acids is 1. The molecule has 0 unspecified atom stereocenters. The van der Waals surface area contributed by atoms with Crippen LogP contribution in [0.4, 0.5) is 0 Å². The molecule has 2 heterocycles. The number of halogens is 1. The summed E-state index contributed by atoms with van der Waals surface area (Å²) in [6.07, 6.45) is 6.95. The summed E-state index contributed by atoms with van der Waals surface area (Å²) in [5, 5.41) is 6.38. The lowest BCUT2D eigenvalue weighted by molar-refractivity contribution is -0.115. The Balaban J connectivity index is 1.36. The maximum absolute atomic E-state index is 13.0. The summed E-state index contributed by atoms with van der Waals surface area (Å²) in [5.74, 6) is -0.0343. The smallest absolute Gasteiger partial charge is 0.251 e. The zero-order chi connectivity index (χ0) is 20.5. The number of thiophene rings is 1. The lowest BCUT2D eigenvalue weighted by atomic mass is 10.0. The fraction of sp³-hybridized carbons (Fsp3) is 0.0800. The highest BCUT2D eigenvalue weighted by Gasteiger charge is 2.23. The molecule has 2 aromatic heterocycles. The second-order valence-electron chi connectivity index (χ2n) is 7.23. The molecule has 30 heavy (non-hydrogen) atoms. The van der Waals surface area contributed by atoms with Gasteiger partial charge in [-0.05, 0) is 70.5 Å². The molecule has 3 nitrogen and oxygen atoms in total. The number of nitrogens with one attached hydrogen (secondary N) is 2. The van der Waals surface area contributed by atoms with Crippen LogP contribution < -0.4 is 5.32 Å². The van der Waals surface area contributed by atoms with E-state index in [9.17, 15) is 4.79 Å². The Kier molecular flexibility index (Phi) is 5.15. The van der Waals surface area contributed by atoms with Crippen molar-refractivity contribution in [2.45, 2.75) is 6.42 Å². The number of aromatic nitrogens is 1. The van der Waals surface area contributed by atoms with Crippen LogP contribution in [0.15, 0.2) is 76.7 Å². The van der Waals surface area contributed by atoms with Crippen LogP contribution in [0.25, 0.3) is 28.1 Å². The zero-order valence-corrected chi connectivity index (χ0v) is 18.5. The molecule has 1 amide bonds. The Morgan fingerprint density at radius 1 is 1.10 bits per heavy atom. The van der Waals surface area contributed by atoms with Gasteiger partial charge in [0.2, 0.25) is 0 Å². The SMILES string of the molecule is O=C(NCCc1c[nH]c2ccccc12)C1=C/C(=C\c2cccs2)c2cc(Br)ccc21. The normalized spacial score (nSPS) is 14.2. The van der Waals surface area contributed by atoms with Crippen LogP contribution in [0.5, 0.6) is 0 Å². The van der Waals surface area contributed by atoms with E-state index >= 15 is 0 Å². The van der Waals surface area contributed by atoms with Gasteiger partial charge in [0.1, 0.15) is 0 Å². The van der Waals surface area contributed by atoms with Crippen molar-refractivity contribution in [3.63, 3.8) is 0 Å². The van der Waals surface area contributed by atoms with E-state index in [2.05, 4.69) is 62.0 Å². The highest BCUT2D eigenvalue weighted by atomic mass is 79.9. The van der Waals surface area contributed by atoms with Gasteiger partial charge in [-0.25, -0.2) is 0 Å². The first-order chi connectivity index (χ1) is 14.7. The van der Waals surface area contributed by atoms with Gasteiger partial charge in [-0.15, -0.1) is 11.3 Å². The molecule has 4 aromatic rings. The van der Waals surface area contributed by atoms with Crippen molar-refractivity contribution in [3.05, 3.63) is 98.3 Å². The molecule has 5 rings (SSSR count). The van der Waals surface area contributed by atoms with Crippen LogP contribution >= 0.6 is 27.3 Å². The van der Waals surface area contributed by atoms with E-state index in [0.29, 0.717) is 6.54 Å². The fourth-order valence-corrected chi connectivity index (χ4v) is 4.91. The molecule has 0 saturated heterocycles. The number of H-pyrrole nitrogens is 1. The number of allylic oxidation sites excluding steroid dienone is 2. The van der Waals surface area contributed by atoms with Gasteiger partial charge >= 0.3 is 0 Å². The molecule has 2 N–H and O–H groups in total. The van der Waals surface area contributed by atoms with Gasteiger partial charge < -0.3 is 10.3 Å². The van der Waals surface area contributed by atoms with Crippen molar-refractivity contribution >= 4 is 61.3 Å². The fourth-order valence-electron chi connectivity index (χ4n) is 3.88. The van der Waals surface area contributed by atoms with Crippen molar-refractivity contribution in [3.8, 4) is 0 Å². The molecular formula is C25H19BrN2OS. The van der Waals surface area contributed by atoms with Gasteiger partial charge in [0.05, 0.1) is 0 Å². The van der Waals surface area contributed by atoms with Crippen LogP contribution in [-0.2, 0) is 11.2 Å². The molecule has 148 valence electrons. The summed E-state index contributed by atoms with van der Waals surface area (Å²) in [5.41, 5.74) is 6.19. The number of para-hydroxylation sites is 1. The summed E-state index contributed by atoms with van der Waals surface area (Å²) >= 11 is 5.25. The average molecular weight is 475 g/mol. The average Bonchev–Trinajstić information content (AvgIpc) is 3.48. The third-order valence-electron chi connectivity index (χ3n) is 5.32. The first-order valence-corrected chi connectivity index (χ1v) is 11.5. The van der Waals surface area contributed by atoms with Gasteiger partial charge in [0.15, 0.2) is 0 Å². The minimum atomic E-state index is -0.0343. The number of hydrogen-bond acceptors (Lipinski definition) is 2. The van der Waals surface area contributed by atoms with E-state index in [0.717, 1.165) is 38.7 Å². The highest BCUT2D eigenvalue weighted by molar-refractivity contribution is 9.10. The minimum Gasteiger partial charge on any atom is -0.361 e. The van der Waals surface area contributed by atoms with E-state index < -0.39 is 0 Å². The largest absolute Gasteiger partial charge is 0.361 e. The van der Waals surface area contributed by atoms with Crippen LogP contribution in [0, 0.1) is 0 Å². The number of rotatable bonds is 5. The van der Waals surface area contributed by atoms with Crippen LogP contribution in [0.1, 0.15) is 21.6 Å². The summed E-state index contributed by atoms with van der Waals surface area (Å²) in [6.45, 7) is 0.591. The standard InChI is InChI=1S/C25H19BrN2OS/c26-18-7-8-21-22(14-18)17(12-19-4-3-11-30-19)13-23(21)25(29)27-10-9-16-15-28-24-6-2-1-5-20(16)24/h1-8,11-15,28H,9-10H2,(H,27,29)/b17-12+. The third kappa shape index (κ3) is 3.66. The molecule has 0 atom stereocenters. The van der Waals surface area contributed by atoms with E-state index in [1.807, 2.05) is 42.6 Å². The van der Waals surface area contributed by atoms with Crippen LogP contribution in [0.3, 0.4) is 0 Å². The molecule has 0 bridgehead atoms. The van der Waals surface area contributed by atoms with E-state index in [1.165, 1.54) is 15.8 Å². The van der Waals surface area contributed by atoms with Crippen molar-refractivity contribution in [2.75, 3.05) is 6.54 Å². The summed E-state index contributed by atoms with van der Waals surface area (Å²) < 4.78 is 1.01. The van der Waals surface area contributed by atoms with E-state index in [-0.39, 0.29) is 5.91 Å². The van der Waals surface area contributed by atoms with Crippen molar-refractivity contribution in [1.82, 2.24) is 10.3 Å².